The monoisotopic (exact) mass is 253 g/mol. The fraction of sp³-hybridized carbons (Fsp3) is 0.364. The summed E-state index contributed by atoms with van der Waals surface area (Å²) in [6.07, 6.45) is 0. The molecule has 88 valence electrons. The van der Waals surface area contributed by atoms with Crippen LogP contribution < -0.4 is 10.9 Å². The van der Waals surface area contributed by atoms with Crippen LogP contribution in [0, 0.1) is 0 Å². The van der Waals surface area contributed by atoms with Gasteiger partial charge in [0.05, 0.1) is 0 Å². The number of rotatable bonds is 4. The minimum atomic E-state index is -1.47. The predicted octanol–water partition coefficient (Wildman–Crippen LogP) is 1.20. The van der Waals surface area contributed by atoms with Gasteiger partial charge in [0.25, 0.3) is 0 Å². The molecule has 1 aromatic carbocycles. The molecule has 1 aromatic rings. The Hall–Kier alpha value is -0.916. The van der Waals surface area contributed by atoms with E-state index in [0.717, 1.165) is 0 Å². The third kappa shape index (κ3) is 3.92. The van der Waals surface area contributed by atoms with Crippen LogP contribution >= 0.6 is 0 Å². The third-order valence-corrected chi connectivity index (χ3v) is 7.76. The van der Waals surface area contributed by atoms with Crippen molar-refractivity contribution in [3.8, 4) is 0 Å². The summed E-state index contributed by atoms with van der Waals surface area (Å²) in [5, 5.41) is 1.22. The van der Waals surface area contributed by atoms with Crippen LogP contribution in [0.2, 0.25) is 26.2 Å². The molecule has 1 unspecified atom stereocenters. The van der Waals surface area contributed by atoms with Crippen LogP contribution in [-0.4, -0.2) is 23.3 Å². The average Bonchev–Trinajstić information content (AvgIpc) is 2.15. The van der Waals surface area contributed by atoms with Crippen molar-refractivity contribution in [1.29, 1.82) is 0 Å². The van der Waals surface area contributed by atoms with E-state index >= 15 is 0 Å². The Morgan fingerprint density at radius 3 is 2.12 bits per heavy atom. The second-order valence-electron chi connectivity index (χ2n) is 4.86. The second kappa shape index (κ2) is 4.94. The van der Waals surface area contributed by atoms with Crippen molar-refractivity contribution in [1.82, 2.24) is 0 Å². The van der Waals surface area contributed by atoms with Crippen molar-refractivity contribution in [3.63, 3.8) is 0 Å². The first kappa shape index (κ1) is 13.2. The Labute approximate surface area is 99.5 Å². The first-order valence-electron chi connectivity index (χ1n) is 5.37. The number of benzene rings is 1. The normalized spacial score (nSPS) is 13.5. The molecule has 1 atom stereocenters. The van der Waals surface area contributed by atoms with Crippen molar-refractivity contribution in [3.05, 3.63) is 29.8 Å². The quantitative estimate of drug-likeness (QED) is 0.820. The van der Waals surface area contributed by atoms with E-state index < -0.39 is 17.4 Å². The zero-order valence-corrected chi connectivity index (χ0v) is 12.4. The lowest BCUT2D eigenvalue weighted by Gasteiger charge is -2.23. The van der Waals surface area contributed by atoms with Crippen LogP contribution in [0.1, 0.15) is 10.4 Å². The molecule has 0 fully saturated rings. The topological polar surface area (TPSA) is 52.3 Å². The average molecular weight is 253 g/mol. The van der Waals surface area contributed by atoms with Crippen molar-refractivity contribution in [2.24, 2.45) is 5.73 Å². The number of carbonyl (C=O) groups is 1. The summed E-state index contributed by atoms with van der Waals surface area (Å²) >= 11 is 0. The van der Waals surface area contributed by atoms with Crippen molar-refractivity contribution in [2.75, 3.05) is 0 Å². The van der Waals surface area contributed by atoms with E-state index in [0.29, 0.717) is 5.56 Å². The Morgan fingerprint density at radius 2 is 1.75 bits per heavy atom. The fourth-order valence-electron chi connectivity index (χ4n) is 1.52. The molecule has 0 bridgehead atoms. The Bertz CT molecular complexity index is 371. The first-order valence-corrected chi connectivity index (χ1v) is 11.0. The molecule has 2 N–H and O–H groups in total. The summed E-state index contributed by atoms with van der Waals surface area (Å²) in [6, 6.07) is 7.46. The van der Waals surface area contributed by atoms with Gasteiger partial charge < -0.3 is 9.85 Å². The van der Waals surface area contributed by atoms with E-state index in [4.69, 9.17) is 9.85 Å². The van der Waals surface area contributed by atoms with Crippen LogP contribution in [0.15, 0.2) is 24.3 Å². The summed E-state index contributed by atoms with van der Waals surface area (Å²) < 4.78 is 6.09. The van der Waals surface area contributed by atoms with Gasteiger partial charge in [0.1, 0.15) is 0 Å². The molecular weight excluding hydrogens is 234 g/mol. The number of amides is 1. The Kier molecular flexibility index (Phi) is 4.06. The number of hydrogen-bond acceptors (Lipinski definition) is 2. The van der Waals surface area contributed by atoms with Crippen molar-refractivity contribution < 1.29 is 8.91 Å². The van der Waals surface area contributed by atoms with Gasteiger partial charge in [-0.15, -0.1) is 0 Å². The van der Waals surface area contributed by atoms with Crippen LogP contribution in [0.25, 0.3) is 0 Å². The van der Waals surface area contributed by atoms with Crippen LogP contribution in [0.4, 0.5) is 0 Å². The van der Waals surface area contributed by atoms with Gasteiger partial charge in [0, 0.05) is 5.56 Å². The zero-order chi connectivity index (χ0) is 12.3. The standard InChI is InChI=1S/C11H19NO2Si2/c1-15(14-16(2,3)4)10-7-5-9(6-8-10)11(12)13/h5-8,15H,1-4H3,(H2,12,13). The largest absolute Gasteiger partial charge is 0.455 e. The highest BCUT2D eigenvalue weighted by atomic mass is 28.4. The smallest absolute Gasteiger partial charge is 0.248 e. The summed E-state index contributed by atoms with van der Waals surface area (Å²) in [4.78, 5) is 10.9. The zero-order valence-electron chi connectivity index (χ0n) is 10.3. The first-order chi connectivity index (χ1) is 7.29. The molecule has 0 aliphatic rings. The maximum absolute atomic E-state index is 10.9. The maximum atomic E-state index is 10.9. The molecule has 1 rings (SSSR count). The highest BCUT2D eigenvalue weighted by Gasteiger charge is 2.20. The van der Waals surface area contributed by atoms with Crippen LogP contribution in [0.5, 0.6) is 0 Å². The summed E-state index contributed by atoms with van der Waals surface area (Å²) in [6.45, 7) is 8.73. The van der Waals surface area contributed by atoms with Gasteiger partial charge in [-0.05, 0) is 43.5 Å². The van der Waals surface area contributed by atoms with Crippen LogP contribution in [-0.2, 0) is 4.12 Å². The van der Waals surface area contributed by atoms with E-state index in [1.165, 1.54) is 5.19 Å². The molecule has 0 heterocycles. The lowest BCUT2D eigenvalue weighted by Crippen LogP contribution is -2.40. The predicted molar refractivity (Wildman–Crippen MR) is 72.0 cm³/mol. The minimum absolute atomic E-state index is 0.382. The maximum Gasteiger partial charge on any atom is 0.248 e. The molecule has 0 aliphatic carbocycles. The molecule has 0 aliphatic heterocycles. The molecule has 16 heavy (non-hydrogen) atoms. The van der Waals surface area contributed by atoms with Crippen molar-refractivity contribution in [2.45, 2.75) is 26.2 Å². The summed E-state index contributed by atoms with van der Waals surface area (Å²) in [5.41, 5.74) is 5.74. The molecule has 0 saturated heterocycles. The lowest BCUT2D eigenvalue weighted by molar-refractivity contribution is 0.100. The summed E-state index contributed by atoms with van der Waals surface area (Å²) in [7, 11) is -2.80. The summed E-state index contributed by atoms with van der Waals surface area (Å²) in [5.74, 6) is -0.382. The molecule has 5 heteroatoms. The SMILES string of the molecule is C[SiH](O[Si](C)(C)C)c1ccc(C(N)=O)cc1. The van der Waals surface area contributed by atoms with Gasteiger partial charge in [-0.2, -0.15) is 0 Å². The molecular formula is C11H19NO2Si2. The van der Waals surface area contributed by atoms with Crippen molar-refractivity contribution >= 4 is 28.5 Å². The Balaban J connectivity index is 2.78. The van der Waals surface area contributed by atoms with Gasteiger partial charge in [-0.1, -0.05) is 12.1 Å². The second-order valence-corrected chi connectivity index (χ2v) is 12.0. The number of carbonyl (C=O) groups excluding carboxylic acids is 1. The van der Waals surface area contributed by atoms with Gasteiger partial charge >= 0.3 is 0 Å². The fourth-order valence-corrected chi connectivity index (χ4v) is 7.04. The van der Waals surface area contributed by atoms with E-state index in [2.05, 4.69) is 26.2 Å². The Morgan fingerprint density at radius 1 is 1.25 bits per heavy atom. The third-order valence-electron chi connectivity index (χ3n) is 2.19. The number of hydrogen-bond donors (Lipinski definition) is 1. The molecule has 1 amide bonds. The molecule has 0 spiro atoms. The van der Waals surface area contributed by atoms with Gasteiger partial charge in [-0.25, -0.2) is 0 Å². The van der Waals surface area contributed by atoms with E-state index in [9.17, 15) is 4.79 Å². The highest BCUT2D eigenvalue weighted by Crippen LogP contribution is 2.06. The number of primary amides is 1. The van der Waals surface area contributed by atoms with Gasteiger partial charge in [0.2, 0.25) is 5.91 Å². The van der Waals surface area contributed by atoms with E-state index in [1.54, 1.807) is 12.1 Å². The van der Waals surface area contributed by atoms with Gasteiger partial charge in [-0.3, -0.25) is 4.79 Å². The highest BCUT2D eigenvalue weighted by molar-refractivity contribution is 6.81. The molecule has 3 nitrogen and oxygen atoms in total. The number of nitrogens with two attached hydrogens (primary N) is 1. The van der Waals surface area contributed by atoms with Crippen LogP contribution in [0.3, 0.4) is 0 Å². The minimum Gasteiger partial charge on any atom is -0.455 e. The van der Waals surface area contributed by atoms with E-state index in [1.807, 2.05) is 12.1 Å². The lowest BCUT2D eigenvalue weighted by atomic mass is 10.2. The van der Waals surface area contributed by atoms with E-state index in [-0.39, 0.29) is 5.91 Å². The van der Waals surface area contributed by atoms with Gasteiger partial charge in [0.15, 0.2) is 17.4 Å². The molecule has 0 saturated carbocycles. The molecule has 0 radical (unpaired) electrons. The molecule has 0 aromatic heterocycles.